The van der Waals surface area contributed by atoms with Gasteiger partial charge in [0.25, 0.3) is 0 Å². The molecule has 0 radical (unpaired) electrons. The molecule has 2 nitrogen and oxygen atoms in total. The van der Waals surface area contributed by atoms with Crippen molar-refractivity contribution in [3.63, 3.8) is 0 Å². The highest BCUT2D eigenvalue weighted by molar-refractivity contribution is 6.09. The molecule has 0 bridgehead atoms. The van der Waals surface area contributed by atoms with Gasteiger partial charge >= 0.3 is 0 Å². The average molecular weight is 284 g/mol. The van der Waals surface area contributed by atoms with Gasteiger partial charge in [0.05, 0.1) is 6.61 Å². The van der Waals surface area contributed by atoms with Crippen LogP contribution >= 0.6 is 0 Å². The molecule has 0 aromatic heterocycles. The van der Waals surface area contributed by atoms with E-state index in [9.17, 15) is 9.18 Å². The summed E-state index contributed by atoms with van der Waals surface area (Å²) in [6.07, 6.45) is 2.62. The highest BCUT2D eigenvalue weighted by atomic mass is 19.1. The molecule has 1 aliphatic rings. The van der Waals surface area contributed by atoms with E-state index in [0.29, 0.717) is 23.5 Å². The molecule has 0 saturated heterocycles. The summed E-state index contributed by atoms with van der Waals surface area (Å²) in [6.45, 7) is 2.47. The Morgan fingerprint density at radius 3 is 2.81 bits per heavy atom. The zero-order valence-corrected chi connectivity index (χ0v) is 12.0. The molecule has 3 rings (SSSR count). The second kappa shape index (κ2) is 5.68. The van der Waals surface area contributed by atoms with Gasteiger partial charge in [0.15, 0.2) is 17.3 Å². The number of aryl methyl sites for hydroxylation is 2. The third kappa shape index (κ3) is 2.82. The molecule has 2 aromatic rings. The first kappa shape index (κ1) is 13.8. The van der Waals surface area contributed by atoms with Gasteiger partial charge in [-0.1, -0.05) is 23.8 Å². The van der Waals surface area contributed by atoms with Gasteiger partial charge in [-0.2, -0.15) is 0 Å². The number of carbonyl (C=O) groups is 1. The molecule has 0 N–H and O–H groups in total. The van der Waals surface area contributed by atoms with Gasteiger partial charge in [0.1, 0.15) is 0 Å². The summed E-state index contributed by atoms with van der Waals surface area (Å²) in [7, 11) is 0. The van der Waals surface area contributed by atoms with Crippen LogP contribution in [0, 0.1) is 12.7 Å². The van der Waals surface area contributed by atoms with E-state index in [1.54, 1.807) is 12.1 Å². The molecule has 21 heavy (non-hydrogen) atoms. The Hall–Kier alpha value is -2.16. The summed E-state index contributed by atoms with van der Waals surface area (Å²) < 4.78 is 19.6. The molecular formula is C18H17FO2. The van der Waals surface area contributed by atoms with Crippen molar-refractivity contribution in [2.24, 2.45) is 0 Å². The molecule has 0 spiro atoms. The normalized spacial score (nSPS) is 14.0. The second-order valence-corrected chi connectivity index (χ2v) is 5.45. The number of rotatable bonds is 2. The quantitative estimate of drug-likeness (QED) is 0.777. The van der Waals surface area contributed by atoms with E-state index >= 15 is 0 Å². The Balaban J connectivity index is 2.01. The lowest BCUT2D eigenvalue weighted by Crippen LogP contribution is -2.05. The second-order valence-electron chi connectivity index (χ2n) is 5.45. The minimum atomic E-state index is -0.439. The molecule has 1 heterocycles. The van der Waals surface area contributed by atoms with Crippen LogP contribution in [0.25, 0.3) is 0 Å². The lowest BCUT2D eigenvalue weighted by atomic mass is 9.98. The van der Waals surface area contributed by atoms with Crippen molar-refractivity contribution in [2.45, 2.75) is 26.2 Å². The van der Waals surface area contributed by atoms with Gasteiger partial charge in [-0.15, -0.1) is 0 Å². The van der Waals surface area contributed by atoms with Crippen LogP contribution in [0.3, 0.4) is 0 Å². The summed E-state index contributed by atoms with van der Waals surface area (Å²) in [6, 6.07) is 10.4. The van der Waals surface area contributed by atoms with E-state index in [0.717, 1.165) is 30.4 Å². The van der Waals surface area contributed by atoms with Crippen molar-refractivity contribution in [1.29, 1.82) is 0 Å². The molecule has 2 aromatic carbocycles. The van der Waals surface area contributed by atoms with Gasteiger partial charge in [-0.05, 0) is 49.9 Å². The molecule has 0 atom stereocenters. The maximum absolute atomic E-state index is 14.2. The van der Waals surface area contributed by atoms with Gasteiger partial charge in [0, 0.05) is 11.1 Å². The lowest BCUT2D eigenvalue weighted by Gasteiger charge is -2.10. The fourth-order valence-electron chi connectivity index (χ4n) is 2.67. The Labute approximate surface area is 123 Å². The Kier molecular flexibility index (Phi) is 3.74. The van der Waals surface area contributed by atoms with Gasteiger partial charge < -0.3 is 4.74 Å². The summed E-state index contributed by atoms with van der Waals surface area (Å²) in [5, 5.41) is 0. The van der Waals surface area contributed by atoms with Crippen molar-refractivity contribution in [3.05, 3.63) is 64.5 Å². The van der Waals surface area contributed by atoms with E-state index in [-0.39, 0.29) is 5.78 Å². The van der Waals surface area contributed by atoms with Crippen LogP contribution in [0.4, 0.5) is 4.39 Å². The third-order valence-electron chi connectivity index (χ3n) is 3.75. The van der Waals surface area contributed by atoms with Gasteiger partial charge in [-0.3, -0.25) is 4.79 Å². The summed E-state index contributed by atoms with van der Waals surface area (Å²) in [5.74, 6) is -0.275. The van der Waals surface area contributed by atoms with Gasteiger partial charge in [-0.25, -0.2) is 4.39 Å². The number of halogens is 1. The monoisotopic (exact) mass is 284 g/mol. The topological polar surface area (TPSA) is 26.3 Å². The van der Waals surface area contributed by atoms with Crippen LogP contribution in [-0.4, -0.2) is 12.4 Å². The number of hydrogen-bond acceptors (Lipinski definition) is 2. The van der Waals surface area contributed by atoms with Crippen LogP contribution < -0.4 is 4.74 Å². The zero-order chi connectivity index (χ0) is 14.8. The number of ether oxygens (including phenoxy) is 1. The molecule has 3 heteroatoms. The number of hydrogen-bond donors (Lipinski definition) is 0. The Morgan fingerprint density at radius 1 is 1.14 bits per heavy atom. The lowest BCUT2D eigenvalue weighted by molar-refractivity contribution is 0.103. The summed E-state index contributed by atoms with van der Waals surface area (Å²) in [5.41, 5.74) is 2.79. The number of fused-ring (bicyclic) bond motifs is 1. The first-order valence-electron chi connectivity index (χ1n) is 7.22. The fourth-order valence-corrected chi connectivity index (χ4v) is 2.67. The van der Waals surface area contributed by atoms with Gasteiger partial charge in [0.2, 0.25) is 0 Å². The molecule has 108 valence electrons. The molecule has 0 aliphatic carbocycles. The van der Waals surface area contributed by atoms with Crippen LogP contribution in [0.15, 0.2) is 36.4 Å². The summed E-state index contributed by atoms with van der Waals surface area (Å²) >= 11 is 0. The van der Waals surface area contributed by atoms with Crippen LogP contribution in [0.5, 0.6) is 5.75 Å². The molecule has 0 fully saturated rings. The smallest absolute Gasteiger partial charge is 0.193 e. The minimum Gasteiger partial charge on any atom is -0.490 e. The molecule has 0 unspecified atom stereocenters. The Morgan fingerprint density at radius 2 is 2.00 bits per heavy atom. The van der Waals surface area contributed by atoms with Crippen molar-refractivity contribution in [2.75, 3.05) is 6.61 Å². The predicted octanol–water partition coefficient (Wildman–Crippen LogP) is 4.08. The molecule has 1 aliphatic heterocycles. The van der Waals surface area contributed by atoms with Crippen LogP contribution in [0.1, 0.15) is 39.9 Å². The average Bonchev–Trinajstić information content (AvgIpc) is 2.72. The van der Waals surface area contributed by atoms with Crippen molar-refractivity contribution < 1.29 is 13.9 Å². The Bertz CT molecular complexity index is 692. The van der Waals surface area contributed by atoms with E-state index in [1.165, 1.54) is 6.07 Å². The molecule has 0 saturated carbocycles. The summed E-state index contributed by atoms with van der Waals surface area (Å²) in [4.78, 5) is 12.5. The first-order valence-corrected chi connectivity index (χ1v) is 7.22. The van der Waals surface area contributed by atoms with Crippen LogP contribution in [0.2, 0.25) is 0 Å². The number of benzene rings is 2. The predicted molar refractivity (Wildman–Crippen MR) is 79.4 cm³/mol. The van der Waals surface area contributed by atoms with Crippen LogP contribution in [-0.2, 0) is 6.42 Å². The third-order valence-corrected chi connectivity index (χ3v) is 3.75. The van der Waals surface area contributed by atoms with E-state index < -0.39 is 5.82 Å². The highest BCUT2D eigenvalue weighted by Gasteiger charge is 2.18. The van der Waals surface area contributed by atoms with Crippen molar-refractivity contribution in [1.82, 2.24) is 0 Å². The maximum atomic E-state index is 14.2. The largest absolute Gasteiger partial charge is 0.490 e. The molecular weight excluding hydrogens is 267 g/mol. The zero-order valence-electron chi connectivity index (χ0n) is 12.0. The maximum Gasteiger partial charge on any atom is 0.193 e. The standard InChI is InChI=1S/C18H17FO2/c1-12-5-4-7-13(9-12)17(20)15-10-14-6-2-3-8-21-18(14)16(19)11-15/h4-5,7,9-11H,2-3,6,8H2,1H3. The SMILES string of the molecule is Cc1cccc(C(=O)c2cc(F)c3c(c2)CCCCO3)c1. The number of carbonyl (C=O) groups excluding carboxylic acids is 1. The highest BCUT2D eigenvalue weighted by Crippen LogP contribution is 2.29. The molecule has 0 amide bonds. The van der Waals surface area contributed by atoms with E-state index in [2.05, 4.69) is 0 Å². The van der Waals surface area contributed by atoms with Crippen molar-refractivity contribution in [3.8, 4) is 5.75 Å². The first-order chi connectivity index (χ1) is 10.1. The van der Waals surface area contributed by atoms with E-state index in [4.69, 9.17) is 4.74 Å². The minimum absolute atomic E-state index is 0.148. The number of ketones is 1. The van der Waals surface area contributed by atoms with Crippen molar-refractivity contribution >= 4 is 5.78 Å². The van der Waals surface area contributed by atoms with E-state index in [1.807, 2.05) is 25.1 Å². The fraction of sp³-hybridized carbons (Fsp3) is 0.278.